The molecule has 0 amide bonds. The minimum absolute atomic E-state index is 0.465. The van der Waals surface area contributed by atoms with Gasteiger partial charge in [0.1, 0.15) is 4.83 Å². The fourth-order valence-electron chi connectivity index (χ4n) is 1.25. The molecule has 3 nitrogen and oxygen atoms in total. The summed E-state index contributed by atoms with van der Waals surface area (Å²) in [6.07, 6.45) is 1.33. The normalized spacial score (nSPS) is 12.3. The largest absolute Gasteiger partial charge is 0.480 e. The van der Waals surface area contributed by atoms with Gasteiger partial charge >= 0.3 is 5.97 Å². The molecule has 0 bridgehead atoms. The van der Waals surface area contributed by atoms with Crippen molar-refractivity contribution in [3.63, 3.8) is 0 Å². The first kappa shape index (κ1) is 13.2. The number of halogens is 1. The molecule has 0 aliphatic heterocycles. The standard InChI is InChI=1S/C12H15BrO3/c13-11(12(14)15)7-4-8-16-9-10-5-2-1-3-6-10/h1-3,5-6,11H,4,7-9H2,(H,14,15). The van der Waals surface area contributed by atoms with Crippen molar-refractivity contribution >= 4 is 21.9 Å². The Morgan fingerprint density at radius 1 is 1.38 bits per heavy atom. The van der Waals surface area contributed by atoms with Gasteiger partial charge in [-0.1, -0.05) is 46.3 Å². The van der Waals surface area contributed by atoms with Gasteiger partial charge in [0.05, 0.1) is 6.61 Å². The molecule has 0 saturated carbocycles. The topological polar surface area (TPSA) is 46.5 Å². The van der Waals surface area contributed by atoms with Crippen LogP contribution in [0.25, 0.3) is 0 Å². The van der Waals surface area contributed by atoms with E-state index in [0.717, 1.165) is 12.0 Å². The van der Waals surface area contributed by atoms with Crippen molar-refractivity contribution in [3.05, 3.63) is 35.9 Å². The summed E-state index contributed by atoms with van der Waals surface area (Å²) in [7, 11) is 0. The molecule has 0 radical (unpaired) electrons. The highest BCUT2D eigenvalue weighted by Crippen LogP contribution is 2.08. The third-order valence-corrected chi connectivity index (χ3v) is 2.98. The second-order valence-electron chi connectivity index (χ2n) is 3.49. The number of alkyl halides is 1. The number of carbonyl (C=O) groups is 1. The molecule has 0 aliphatic rings. The van der Waals surface area contributed by atoms with E-state index in [0.29, 0.717) is 19.6 Å². The zero-order valence-corrected chi connectivity index (χ0v) is 10.5. The van der Waals surface area contributed by atoms with E-state index in [2.05, 4.69) is 15.9 Å². The van der Waals surface area contributed by atoms with Gasteiger partial charge in [0.15, 0.2) is 0 Å². The maximum atomic E-state index is 10.5. The van der Waals surface area contributed by atoms with Crippen LogP contribution in [0.3, 0.4) is 0 Å². The predicted octanol–water partition coefficient (Wildman–Crippen LogP) is 2.83. The van der Waals surface area contributed by atoms with Crippen molar-refractivity contribution in [2.45, 2.75) is 24.3 Å². The van der Waals surface area contributed by atoms with Crippen LogP contribution in [-0.4, -0.2) is 22.5 Å². The molecule has 1 atom stereocenters. The Morgan fingerprint density at radius 2 is 2.06 bits per heavy atom. The maximum absolute atomic E-state index is 10.5. The van der Waals surface area contributed by atoms with Crippen molar-refractivity contribution in [2.75, 3.05) is 6.61 Å². The van der Waals surface area contributed by atoms with Crippen molar-refractivity contribution < 1.29 is 14.6 Å². The Hall–Kier alpha value is -0.870. The number of hydrogen-bond donors (Lipinski definition) is 1. The molecule has 0 saturated heterocycles. The first-order valence-corrected chi connectivity index (χ1v) is 6.10. The van der Waals surface area contributed by atoms with E-state index in [-0.39, 0.29) is 0 Å². The first-order valence-electron chi connectivity index (χ1n) is 5.18. The molecular weight excluding hydrogens is 272 g/mol. The van der Waals surface area contributed by atoms with Crippen LogP contribution in [-0.2, 0) is 16.1 Å². The van der Waals surface area contributed by atoms with Gasteiger partial charge in [-0.2, -0.15) is 0 Å². The molecule has 1 N–H and O–H groups in total. The lowest BCUT2D eigenvalue weighted by Crippen LogP contribution is -2.13. The zero-order valence-electron chi connectivity index (χ0n) is 8.93. The van der Waals surface area contributed by atoms with Crippen LogP contribution >= 0.6 is 15.9 Å². The smallest absolute Gasteiger partial charge is 0.317 e. The fourth-order valence-corrected chi connectivity index (χ4v) is 1.58. The van der Waals surface area contributed by atoms with Crippen LogP contribution in [0.2, 0.25) is 0 Å². The van der Waals surface area contributed by atoms with E-state index < -0.39 is 10.8 Å². The van der Waals surface area contributed by atoms with Crippen molar-refractivity contribution in [1.82, 2.24) is 0 Å². The number of hydrogen-bond acceptors (Lipinski definition) is 2. The van der Waals surface area contributed by atoms with Gasteiger partial charge in [0.2, 0.25) is 0 Å². The first-order chi connectivity index (χ1) is 7.70. The van der Waals surface area contributed by atoms with Crippen LogP contribution < -0.4 is 0 Å². The number of carboxylic acid groups (broad SMARTS) is 1. The van der Waals surface area contributed by atoms with Gasteiger partial charge in [0, 0.05) is 6.61 Å². The van der Waals surface area contributed by atoms with Crippen LogP contribution in [0.5, 0.6) is 0 Å². The highest BCUT2D eigenvalue weighted by atomic mass is 79.9. The molecule has 0 aliphatic carbocycles. The average molecular weight is 287 g/mol. The number of ether oxygens (including phenoxy) is 1. The molecule has 4 heteroatoms. The molecule has 1 unspecified atom stereocenters. The lowest BCUT2D eigenvalue weighted by molar-refractivity contribution is -0.136. The Kier molecular flexibility index (Phi) is 6.11. The van der Waals surface area contributed by atoms with Crippen LogP contribution in [0, 0.1) is 0 Å². The molecule has 88 valence electrons. The van der Waals surface area contributed by atoms with Gasteiger partial charge in [0.25, 0.3) is 0 Å². The van der Waals surface area contributed by atoms with Crippen LogP contribution in [0.15, 0.2) is 30.3 Å². The predicted molar refractivity (Wildman–Crippen MR) is 65.7 cm³/mol. The third kappa shape index (κ3) is 5.28. The SMILES string of the molecule is O=C(O)C(Br)CCCOCc1ccccc1. The molecule has 0 heterocycles. The van der Waals surface area contributed by atoms with Gasteiger partial charge in [-0.15, -0.1) is 0 Å². The van der Waals surface area contributed by atoms with Gasteiger partial charge < -0.3 is 9.84 Å². The number of benzene rings is 1. The van der Waals surface area contributed by atoms with E-state index in [1.165, 1.54) is 0 Å². The number of carboxylic acids is 1. The van der Waals surface area contributed by atoms with E-state index in [9.17, 15) is 4.79 Å². The lowest BCUT2D eigenvalue weighted by Gasteiger charge is -2.05. The second-order valence-corrected chi connectivity index (χ2v) is 4.59. The lowest BCUT2D eigenvalue weighted by atomic mass is 10.2. The Labute approximate surface area is 104 Å². The third-order valence-electron chi connectivity index (χ3n) is 2.13. The molecule has 0 fully saturated rings. The Balaban J connectivity index is 2.07. The summed E-state index contributed by atoms with van der Waals surface area (Å²) >= 11 is 3.08. The summed E-state index contributed by atoms with van der Waals surface area (Å²) in [4.78, 5) is 10.0. The van der Waals surface area contributed by atoms with Gasteiger partial charge in [-0.05, 0) is 18.4 Å². The average Bonchev–Trinajstić information content (AvgIpc) is 2.29. The monoisotopic (exact) mass is 286 g/mol. The van der Waals surface area contributed by atoms with Crippen LogP contribution in [0.4, 0.5) is 0 Å². The Bertz CT molecular complexity index is 313. The fraction of sp³-hybridized carbons (Fsp3) is 0.417. The van der Waals surface area contributed by atoms with E-state index in [1.807, 2.05) is 30.3 Å². The Morgan fingerprint density at radius 3 is 2.69 bits per heavy atom. The summed E-state index contributed by atoms with van der Waals surface area (Å²) < 4.78 is 5.44. The highest BCUT2D eigenvalue weighted by Gasteiger charge is 2.11. The van der Waals surface area contributed by atoms with Gasteiger partial charge in [-0.3, -0.25) is 4.79 Å². The van der Waals surface area contributed by atoms with Crippen LogP contribution in [0.1, 0.15) is 18.4 Å². The molecule has 16 heavy (non-hydrogen) atoms. The molecular formula is C12H15BrO3. The second kappa shape index (κ2) is 7.41. The maximum Gasteiger partial charge on any atom is 0.317 e. The van der Waals surface area contributed by atoms with E-state index in [4.69, 9.17) is 9.84 Å². The van der Waals surface area contributed by atoms with Crippen molar-refractivity contribution in [3.8, 4) is 0 Å². The van der Waals surface area contributed by atoms with Crippen molar-refractivity contribution in [1.29, 1.82) is 0 Å². The highest BCUT2D eigenvalue weighted by molar-refractivity contribution is 9.10. The summed E-state index contributed by atoms with van der Waals surface area (Å²) in [6.45, 7) is 1.17. The molecule has 0 spiro atoms. The quantitative estimate of drug-likeness (QED) is 0.619. The summed E-state index contributed by atoms with van der Waals surface area (Å²) in [5, 5.41) is 8.63. The summed E-state index contributed by atoms with van der Waals surface area (Å²) in [6, 6.07) is 9.91. The summed E-state index contributed by atoms with van der Waals surface area (Å²) in [5.41, 5.74) is 1.14. The molecule has 1 rings (SSSR count). The number of aliphatic carboxylic acids is 1. The minimum Gasteiger partial charge on any atom is -0.480 e. The minimum atomic E-state index is -0.817. The number of rotatable bonds is 7. The zero-order chi connectivity index (χ0) is 11.8. The van der Waals surface area contributed by atoms with E-state index >= 15 is 0 Å². The molecule has 1 aromatic carbocycles. The van der Waals surface area contributed by atoms with Gasteiger partial charge in [-0.25, -0.2) is 0 Å². The molecule has 1 aromatic rings. The summed E-state index contributed by atoms with van der Waals surface area (Å²) in [5.74, 6) is -0.817. The van der Waals surface area contributed by atoms with Crippen molar-refractivity contribution in [2.24, 2.45) is 0 Å². The van der Waals surface area contributed by atoms with E-state index in [1.54, 1.807) is 0 Å². The molecule has 0 aromatic heterocycles.